The summed E-state index contributed by atoms with van der Waals surface area (Å²) in [5.41, 5.74) is 2.37. The summed E-state index contributed by atoms with van der Waals surface area (Å²) in [4.78, 5) is 12.3. The van der Waals surface area contributed by atoms with Crippen LogP contribution in [-0.4, -0.2) is 40.3 Å². The summed E-state index contributed by atoms with van der Waals surface area (Å²) < 4.78 is 31.1. The highest BCUT2D eigenvalue weighted by molar-refractivity contribution is 7.92. The van der Waals surface area contributed by atoms with Gasteiger partial charge in [0.1, 0.15) is 18.9 Å². The van der Waals surface area contributed by atoms with E-state index in [2.05, 4.69) is 26.1 Å². The Morgan fingerprint density at radius 3 is 2.33 bits per heavy atom. The predicted octanol–water partition coefficient (Wildman–Crippen LogP) is 3.91. The van der Waals surface area contributed by atoms with Gasteiger partial charge < -0.3 is 10.1 Å². The van der Waals surface area contributed by atoms with Crippen molar-refractivity contribution in [2.45, 2.75) is 33.1 Å². The van der Waals surface area contributed by atoms with Crippen LogP contribution in [0.2, 0.25) is 5.02 Å². The van der Waals surface area contributed by atoms with Crippen molar-refractivity contribution in [3.63, 3.8) is 0 Å². The van der Waals surface area contributed by atoms with Crippen LogP contribution < -0.4 is 14.4 Å². The molecule has 0 bridgehead atoms. The SMILES string of the molecule is Cc1ccc(Cl)cc1N(CC(=O)NCCOc1ccc(C(C)(C)C)cc1)S(C)(=O)=O. The smallest absolute Gasteiger partial charge is 0.240 e. The van der Waals surface area contributed by atoms with Crippen molar-refractivity contribution in [1.82, 2.24) is 5.32 Å². The van der Waals surface area contributed by atoms with E-state index in [0.29, 0.717) is 22.0 Å². The lowest BCUT2D eigenvalue weighted by atomic mass is 9.87. The van der Waals surface area contributed by atoms with Gasteiger partial charge in [-0.15, -0.1) is 0 Å². The van der Waals surface area contributed by atoms with Gasteiger partial charge in [-0.25, -0.2) is 8.42 Å². The largest absolute Gasteiger partial charge is 0.492 e. The number of aryl methyl sites for hydroxylation is 1. The molecule has 0 fully saturated rings. The molecule has 30 heavy (non-hydrogen) atoms. The first-order chi connectivity index (χ1) is 13.9. The minimum Gasteiger partial charge on any atom is -0.492 e. The Balaban J connectivity index is 1.91. The molecule has 6 nitrogen and oxygen atoms in total. The topological polar surface area (TPSA) is 75.7 Å². The summed E-state index contributed by atoms with van der Waals surface area (Å²) in [7, 11) is -3.66. The number of sulfonamides is 1. The fourth-order valence-corrected chi connectivity index (χ4v) is 3.90. The molecule has 1 N–H and O–H groups in total. The van der Waals surface area contributed by atoms with Crippen LogP contribution in [0.3, 0.4) is 0 Å². The van der Waals surface area contributed by atoms with E-state index in [1.165, 1.54) is 11.6 Å². The van der Waals surface area contributed by atoms with E-state index < -0.39 is 15.9 Å². The highest BCUT2D eigenvalue weighted by atomic mass is 35.5. The van der Waals surface area contributed by atoms with E-state index in [1.807, 2.05) is 24.3 Å². The highest BCUT2D eigenvalue weighted by Gasteiger charge is 2.22. The van der Waals surface area contributed by atoms with Crippen LogP contribution in [0, 0.1) is 6.92 Å². The monoisotopic (exact) mass is 452 g/mol. The molecule has 1 amide bonds. The Labute approximate surface area is 184 Å². The second-order valence-corrected chi connectivity index (χ2v) is 10.5. The van der Waals surface area contributed by atoms with E-state index in [0.717, 1.165) is 10.6 Å². The molecule has 0 spiro atoms. The molecule has 0 saturated carbocycles. The molecule has 0 aliphatic carbocycles. The summed E-state index contributed by atoms with van der Waals surface area (Å²) >= 11 is 6.00. The van der Waals surface area contributed by atoms with Crippen molar-refractivity contribution < 1.29 is 17.9 Å². The number of nitrogens with one attached hydrogen (secondary N) is 1. The Morgan fingerprint density at radius 2 is 1.77 bits per heavy atom. The first kappa shape index (κ1) is 24.0. The third kappa shape index (κ3) is 6.92. The van der Waals surface area contributed by atoms with Crippen molar-refractivity contribution in [1.29, 1.82) is 0 Å². The van der Waals surface area contributed by atoms with Gasteiger partial charge in [-0.2, -0.15) is 0 Å². The second kappa shape index (κ2) is 9.71. The molecule has 0 aliphatic rings. The number of carbonyl (C=O) groups excluding carboxylic acids is 1. The number of benzene rings is 2. The van der Waals surface area contributed by atoms with Crippen molar-refractivity contribution in [2.75, 3.05) is 30.3 Å². The zero-order valence-corrected chi connectivity index (χ0v) is 19.6. The summed E-state index contributed by atoms with van der Waals surface area (Å²) in [5, 5.41) is 3.09. The fraction of sp³-hybridized carbons (Fsp3) is 0.409. The zero-order chi connectivity index (χ0) is 22.5. The van der Waals surface area contributed by atoms with Gasteiger partial charge in [0.25, 0.3) is 0 Å². The number of nitrogens with zero attached hydrogens (tertiary/aromatic N) is 1. The van der Waals surface area contributed by atoms with Gasteiger partial charge in [-0.3, -0.25) is 9.10 Å². The maximum Gasteiger partial charge on any atom is 0.240 e. The minimum atomic E-state index is -3.66. The van der Waals surface area contributed by atoms with Gasteiger partial charge in [0.05, 0.1) is 18.5 Å². The first-order valence-corrected chi connectivity index (χ1v) is 11.8. The molecule has 0 aliphatic heterocycles. The highest BCUT2D eigenvalue weighted by Crippen LogP contribution is 2.26. The standard InChI is InChI=1S/C22H29ClN2O4S/c1-16-6-9-18(23)14-20(16)25(30(5,27)28)15-21(26)24-12-13-29-19-10-7-17(8-11-19)22(2,3)4/h6-11,14H,12-13,15H2,1-5H3,(H,24,26). The third-order valence-corrected chi connectivity index (χ3v) is 5.90. The molecule has 0 unspecified atom stereocenters. The lowest BCUT2D eigenvalue weighted by Gasteiger charge is -2.24. The van der Waals surface area contributed by atoms with Crippen molar-refractivity contribution in [2.24, 2.45) is 0 Å². The zero-order valence-electron chi connectivity index (χ0n) is 18.0. The van der Waals surface area contributed by atoms with E-state index in [-0.39, 0.29) is 25.1 Å². The molecule has 2 rings (SSSR count). The lowest BCUT2D eigenvalue weighted by Crippen LogP contribution is -2.41. The normalized spacial score (nSPS) is 11.8. The van der Waals surface area contributed by atoms with Crippen LogP contribution in [0.25, 0.3) is 0 Å². The molecule has 0 radical (unpaired) electrons. The van der Waals surface area contributed by atoms with Crippen LogP contribution in [0.4, 0.5) is 5.69 Å². The van der Waals surface area contributed by atoms with Gasteiger partial charge in [0.15, 0.2) is 0 Å². The number of hydrogen-bond donors (Lipinski definition) is 1. The summed E-state index contributed by atoms with van der Waals surface area (Å²) in [6, 6.07) is 12.8. The number of anilines is 1. The molecule has 0 aromatic heterocycles. The van der Waals surface area contributed by atoms with Gasteiger partial charge in [-0.1, -0.05) is 50.6 Å². The van der Waals surface area contributed by atoms with Crippen LogP contribution in [-0.2, 0) is 20.2 Å². The quantitative estimate of drug-likeness (QED) is 0.616. The molecule has 8 heteroatoms. The number of halogens is 1. The average Bonchev–Trinajstić information content (AvgIpc) is 2.64. The van der Waals surface area contributed by atoms with Crippen LogP contribution in [0.1, 0.15) is 31.9 Å². The van der Waals surface area contributed by atoms with Crippen molar-refractivity contribution >= 4 is 33.2 Å². The van der Waals surface area contributed by atoms with Crippen LogP contribution in [0.5, 0.6) is 5.75 Å². The lowest BCUT2D eigenvalue weighted by molar-refractivity contribution is -0.119. The Hall–Kier alpha value is -2.25. The Bertz CT molecular complexity index is 983. The number of ether oxygens (including phenoxy) is 1. The maximum atomic E-state index is 12.3. The van der Waals surface area contributed by atoms with E-state index in [9.17, 15) is 13.2 Å². The Kier molecular flexibility index (Phi) is 7.77. The van der Waals surface area contributed by atoms with Gasteiger partial charge in [-0.05, 0) is 47.7 Å². The molecule has 0 saturated heterocycles. The van der Waals surface area contributed by atoms with Crippen LogP contribution >= 0.6 is 11.6 Å². The maximum absolute atomic E-state index is 12.3. The molecule has 0 atom stereocenters. The van der Waals surface area contributed by atoms with E-state index in [4.69, 9.17) is 16.3 Å². The Morgan fingerprint density at radius 1 is 1.13 bits per heavy atom. The van der Waals surface area contributed by atoms with Gasteiger partial charge in [0, 0.05) is 5.02 Å². The fourth-order valence-electron chi connectivity index (χ4n) is 2.83. The molecular formula is C22H29ClN2O4S. The van der Waals surface area contributed by atoms with E-state index in [1.54, 1.807) is 19.1 Å². The van der Waals surface area contributed by atoms with Gasteiger partial charge >= 0.3 is 0 Å². The van der Waals surface area contributed by atoms with E-state index >= 15 is 0 Å². The third-order valence-electron chi connectivity index (χ3n) is 4.54. The summed E-state index contributed by atoms with van der Waals surface area (Å²) in [5.74, 6) is 0.288. The number of rotatable bonds is 8. The average molecular weight is 453 g/mol. The van der Waals surface area contributed by atoms with Crippen LogP contribution in [0.15, 0.2) is 42.5 Å². The molecule has 2 aromatic carbocycles. The first-order valence-electron chi connectivity index (χ1n) is 9.62. The molecule has 0 heterocycles. The number of carbonyl (C=O) groups is 1. The second-order valence-electron chi connectivity index (χ2n) is 8.17. The van der Waals surface area contributed by atoms with Crippen molar-refractivity contribution in [3.8, 4) is 5.75 Å². The van der Waals surface area contributed by atoms with Gasteiger partial charge in [0.2, 0.25) is 15.9 Å². The molecule has 164 valence electrons. The number of amides is 1. The molecule has 2 aromatic rings. The summed E-state index contributed by atoms with van der Waals surface area (Å²) in [6.07, 6.45) is 1.06. The molecular weight excluding hydrogens is 424 g/mol. The summed E-state index contributed by atoms with van der Waals surface area (Å²) in [6.45, 7) is 8.39. The number of hydrogen-bond acceptors (Lipinski definition) is 4. The minimum absolute atomic E-state index is 0.0688. The van der Waals surface area contributed by atoms with Crippen molar-refractivity contribution in [3.05, 3.63) is 58.6 Å². The predicted molar refractivity (Wildman–Crippen MR) is 122 cm³/mol.